The minimum atomic E-state index is -2.92. The van der Waals surface area contributed by atoms with E-state index in [-0.39, 0.29) is 30.4 Å². The van der Waals surface area contributed by atoms with Crippen molar-refractivity contribution in [1.29, 1.82) is 0 Å². The second kappa shape index (κ2) is 7.12. The predicted molar refractivity (Wildman–Crippen MR) is 108 cm³/mol. The first-order chi connectivity index (χ1) is 14.9. The van der Waals surface area contributed by atoms with Gasteiger partial charge in [-0.15, -0.1) is 5.10 Å². The second-order valence-electron chi connectivity index (χ2n) is 7.69. The smallest absolute Gasteiger partial charge is 0.280 e. The Morgan fingerprint density at radius 1 is 1.29 bits per heavy atom. The molecule has 162 valence electrons. The molecule has 0 unspecified atom stereocenters. The third-order valence-electron chi connectivity index (χ3n) is 5.52. The highest BCUT2D eigenvalue weighted by Crippen LogP contribution is 2.33. The van der Waals surface area contributed by atoms with Crippen molar-refractivity contribution >= 4 is 17.1 Å². The molecule has 1 N–H and O–H groups in total. The Balaban J connectivity index is 1.55. The first-order valence-corrected chi connectivity index (χ1v) is 9.74. The zero-order valence-corrected chi connectivity index (χ0v) is 16.9. The van der Waals surface area contributed by atoms with Crippen molar-refractivity contribution in [3.05, 3.63) is 42.7 Å². The molecule has 4 aromatic rings. The molecular weight excluding hydrogens is 411 g/mol. The number of halogens is 3. The number of rotatable bonds is 4. The summed E-state index contributed by atoms with van der Waals surface area (Å²) in [6.45, 7) is 0.211. The van der Waals surface area contributed by atoms with Crippen LogP contribution >= 0.6 is 0 Å². The summed E-state index contributed by atoms with van der Waals surface area (Å²) < 4.78 is 51.8. The van der Waals surface area contributed by atoms with Crippen molar-refractivity contribution in [2.24, 2.45) is 0 Å². The molecular formula is C20H20F3N7O. The van der Waals surface area contributed by atoms with E-state index in [9.17, 15) is 13.2 Å². The first-order valence-electron chi connectivity index (χ1n) is 9.74. The van der Waals surface area contributed by atoms with Gasteiger partial charge in [-0.25, -0.2) is 22.7 Å². The highest BCUT2D eigenvalue weighted by molar-refractivity contribution is 5.84. The van der Waals surface area contributed by atoms with E-state index in [0.717, 1.165) is 0 Å². The second-order valence-corrected chi connectivity index (χ2v) is 7.69. The number of nitrogens with zero attached hydrogens (tertiary/aromatic N) is 6. The maximum atomic E-state index is 14.4. The van der Waals surface area contributed by atoms with Crippen LogP contribution in [-0.4, -0.2) is 68.1 Å². The molecule has 0 aliphatic carbocycles. The molecule has 1 atom stereocenters. The van der Waals surface area contributed by atoms with E-state index in [1.165, 1.54) is 23.9 Å². The summed E-state index contributed by atoms with van der Waals surface area (Å²) in [5.41, 5.74) is 1.94. The minimum Gasteiger partial charge on any atom is -0.479 e. The van der Waals surface area contributed by atoms with Gasteiger partial charge in [0.1, 0.15) is 5.52 Å². The lowest BCUT2D eigenvalue weighted by atomic mass is 10.0. The quantitative estimate of drug-likeness (QED) is 0.536. The van der Waals surface area contributed by atoms with E-state index in [2.05, 4.69) is 20.4 Å². The summed E-state index contributed by atoms with van der Waals surface area (Å²) in [7, 11) is 3.10. The van der Waals surface area contributed by atoms with Gasteiger partial charge in [-0.1, -0.05) is 0 Å². The molecule has 5 rings (SSSR count). The van der Waals surface area contributed by atoms with Crippen LogP contribution in [0.1, 0.15) is 6.42 Å². The summed E-state index contributed by atoms with van der Waals surface area (Å²) in [4.78, 5) is 9.88. The summed E-state index contributed by atoms with van der Waals surface area (Å²) in [5, 5.41) is 7.10. The number of ether oxygens (including phenoxy) is 1. The van der Waals surface area contributed by atoms with E-state index in [1.54, 1.807) is 41.0 Å². The molecule has 0 radical (unpaired) electrons. The first kappa shape index (κ1) is 19.6. The average molecular weight is 431 g/mol. The van der Waals surface area contributed by atoms with Crippen molar-refractivity contribution in [3.8, 4) is 17.0 Å². The molecule has 1 fully saturated rings. The molecule has 0 aromatic carbocycles. The van der Waals surface area contributed by atoms with Crippen LogP contribution in [-0.2, 0) is 0 Å². The average Bonchev–Trinajstić information content (AvgIpc) is 3.36. The maximum absolute atomic E-state index is 14.4. The Morgan fingerprint density at radius 3 is 2.90 bits per heavy atom. The Kier molecular flexibility index (Phi) is 4.50. The molecule has 0 saturated carbocycles. The van der Waals surface area contributed by atoms with Gasteiger partial charge in [0.05, 0.1) is 19.7 Å². The summed E-state index contributed by atoms with van der Waals surface area (Å²) in [6, 6.07) is 2.04. The zero-order valence-electron chi connectivity index (χ0n) is 16.9. The highest BCUT2D eigenvalue weighted by Gasteiger charge is 2.44. The number of methoxy groups -OCH3 is 1. The molecule has 5 heterocycles. The molecule has 31 heavy (non-hydrogen) atoms. The Labute approximate surface area is 175 Å². The van der Waals surface area contributed by atoms with Crippen LogP contribution in [0.2, 0.25) is 0 Å². The van der Waals surface area contributed by atoms with Crippen LogP contribution in [0.15, 0.2) is 36.9 Å². The zero-order chi connectivity index (χ0) is 21.8. The number of hydrogen-bond acceptors (Lipinski definition) is 6. The van der Waals surface area contributed by atoms with Gasteiger partial charge in [-0.05, 0) is 25.6 Å². The highest BCUT2D eigenvalue weighted by atomic mass is 19.3. The summed E-state index contributed by atoms with van der Waals surface area (Å²) in [5.74, 6) is -3.15. The number of anilines is 1. The molecule has 0 amide bonds. The molecule has 8 nitrogen and oxygen atoms in total. The lowest BCUT2D eigenvalue weighted by molar-refractivity contribution is -0.0675. The fourth-order valence-electron chi connectivity index (χ4n) is 4.01. The van der Waals surface area contributed by atoms with Gasteiger partial charge in [0, 0.05) is 42.5 Å². The van der Waals surface area contributed by atoms with Crippen molar-refractivity contribution in [1.82, 2.24) is 28.9 Å². The number of aromatic nitrogens is 5. The van der Waals surface area contributed by atoms with Crippen molar-refractivity contribution in [2.75, 3.05) is 32.6 Å². The minimum absolute atomic E-state index is 0.0389. The number of fused-ring (bicyclic) bond motifs is 2. The third-order valence-corrected chi connectivity index (χ3v) is 5.52. The molecule has 1 saturated heterocycles. The van der Waals surface area contributed by atoms with Crippen molar-refractivity contribution in [2.45, 2.75) is 18.4 Å². The third kappa shape index (κ3) is 3.34. The number of pyridine rings is 1. The van der Waals surface area contributed by atoms with Gasteiger partial charge in [-0.2, -0.15) is 4.98 Å². The number of piperidine rings is 1. The number of hydrogen-bond donors (Lipinski definition) is 1. The predicted octanol–water partition coefficient (Wildman–Crippen LogP) is 2.94. The van der Waals surface area contributed by atoms with Gasteiger partial charge in [0.15, 0.2) is 11.5 Å². The number of nitrogens with one attached hydrogen (secondary N) is 1. The SMILES string of the molecule is COc1nc(N[C@@H]2CCN(C)CC2(F)F)nn2ccc(-c3cc(F)c4nccn4c3)c12. The standard InChI is InChI=1S/C20H20F3N7O/c1-28-6-4-15(20(22,23)11-28)25-19-26-18(31-2)16-13(3-7-30(16)27-19)12-9-14(21)17-24-5-8-29(17)10-12/h3,5,7-10,15H,4,6,11H2,1-2H3,(H,25,27)/t15-/m1/s1. The van der Waals surface area contributed by atoms with Crippen LogP contribution < -0.4 is 10.1 Å². The largest absolute Gasteiger partial charge is 0.479 e. The fraction of sp³-hybridized carbons (Fsp3) is 0.350. The van der Waals surface area contributed by atoms with E-state index in [4.69, 9.17) is 4.74 Å². The van der Waals surface area contributed by atoms with Gasteiger partial charge in [0.25, 0.3) is 5.92 Å². The molecule has 4 aromatic heterocycles. The van der Waals surface area contributed by atoms with Gasteiger partial charge >= 0.3 is 0 Å². The lowest BCUT2D eigenvalue weighted by Crippen LogP contribution is -2.53. The lowest BCUT2D eigenvalue weighted by Gasteiger charge is -2.36. The van der Waals surface area contributed by atoms with Crippen LogP contribution in [0.5, 0.6) is 5.88 Å². The number of likely N-dealkylation sites (tertiary alicyclic amines) is 1. The van der Waals surface area contributed by atoms with Crippen LogP contribution in [0.25, 0.3) is 22.3 Å². The number of imidazole rings is 1. The Bertz CT molecular complexity index is 1270. The normalized spacial score (nSPS) is 19.2. The Hall–Kier alpha value is -3.34. The monoisotopic (exact) mass is 431 g/mol. The van der Waals surface area contributed by atoms with E-state index in [1.807, 2.05) is 0 Å². The maximum Gasteiger partial charge on any atom is 0.280 e. The van der Waals surface area contributed by atoms with Gasteiger partial charge < -0.3 is 19.4 Å². The molecule has 1 aliphatic heterocycles. The van der Waals surface area contributed by atoms with Crippen LogP contribution in [0.3, 0.4) is 0 Å². The van der Waals surface area contributed by atoms with Gasteiger partial charge in [-0.3, -0.25) is 0 Å². The van der Waals surface area contributed by atoms with E-state index < -0.39 is 17.8 Å². The summed E-state index contributed by atoms with van der Waals surface area (Å²) in [6.07, 6.45) is 6.82. The Morgan fingerprint density at radius 2 is 2.13 bits per heavy atom. The molecule has 0 bridgehead atoms. The fourth-order valence-corrected chi connectivity index (χ4v) is 4.01. The number of alkyl halides is 2. The van der Waals surface area contributed by atoms with Crippen molar-refractivity contribution < 1.29 is 17.9 Å². The molecule has 1 aliphatic rings. The summed E-state index contributed by atoms with van der Waals surface area (Å²) >= 11 is 0. The van der Waals surface area contributed by atoms with Crippen LogP contribution in [0.4, 0.5) is 19.1 Å². The van der Waals surface area contributed by atoms with Gasteiger partial charge in [0.2, 0.25) is 11.8 Å². The van der Waals surface area contributed by atoms with E-state index in [0.29, 0.717) is 23.2 Å². The topological polar surface area (TPSA) is 72.0 Å². The molecule has 11 heteroatoms. The molecule has 0 spiro atoms. The van der Waals surface area contributed by atoms with Crippen LogP contribution in [0, 0.1) is 5.82 Å². The van der Waals surface area contributed by atoms with E-state index >= 15 is 0 Å². The van der Waals surface area contributed by atoms with Crippen molar-refractivity contribution in [3.63, 3.8) is 0 Å².